The van der Waals surface area contributed by atoms with Crippen molar-refractivity contribution < 1.29 is 54.2 Å². The van der Waals surface area contributed by atoms with E-state index >= 15 is 0 Å². The predicted octanol–water partition coefficient (Wildman–Crippen LogP) is 2.68. The number of H-pyrrole nitrogens is 2. The van der Waals surface area contributed by atoms with Crippen molar-refractivity contribution in [2.24, 2.45) is 16.8 Å². The molecule has 15 nitrogen and oxygen atoms in total. The van der Waals surface area contributed by atoms with Gasteiger partial charge in [-0.1, -0.05) is 13.8 Å². The number of aliphatic imine (C=N–C) groups is 1. The topological polar surface area (TPSA) is 244 Å². The first-order chi connectivity index (χ1) is 28.1. The van der Waals surface area contributed by atoms with Gasteiger partial charge in [0, 0.05) is 77.0 Å². The van der Waals surface area contributed by atoms with E-state index in [-0.39, 0.29) is 69.2 Å². The van der Waals surface area contributed by atoms with Crippen LogP contribution in [0, 0.1) is 25.7 Å². The molecule has 1 saturated heterocycles. The highest BCUT2D eigenvalue weighted by molar-refractivity contribution is 7.99. The first-order valence-corrected chi connectivity index (χ1v) is 21.4. The molecule has 2 amide bonds. The zero-order valence-electron chi connectivity index (χ0n) is 34.7. The molecule has 2 aliphatic heterocycles. The van der Waals surface area contributed by atoms with Gasteiger partial charge in [0.05, 0.1) is 31.6 Å². The summed E-state index contributed by atoms with van der Waals surface area (Å²) in [5.74, 6) is -1.34. The number of carboxylic acids is 2. The number of carbonyl (C=O) groups is 4. The number of amides is 2. The predicted molar refractivity (Wildman–Crippen MR) is 226 cm³/mol. The van der Waals surface area contributed by atoms with Gasteiger partial charge in [-0.05, 0) is 111 Å². The van der Waals surface area contributed by atoms with Crippen LogP contribution in [0.25, 0.3) is 18.2 Å². The smallest absolute Gasteiger partial charge is 0.303 e. The van der Waals surface area contributed by atoms with Gasteiger partial charge in [-0.25, -0.2) is 4.99 Å². The van der Waals surface area contributed by atoms with E-state index in [1.807, 2.05) is 46.8 Å². The third-order valence-electron chi connectivity index (χ3n) is 10.9. The van der Waals surface area contributed by atoms with Crippen molar-refractivity contribution >= 4 is 59.5 Å². The lowest BCUT2D eigenvalue weighted by Crippen LogP contribution is -2.20. The number of hydrogen-bond donors (Lipinski definition) is 8. The van der Waals surface area contributed by atoms with Crippen LogP contribution in [0.1, 0.15) is 92.9 Å². The number of carbonyl (C=O) groups excluding carboxylic acids is 2. The Kier molecular flexibility index (Phi) is 18.4. The van der Waals surface area contributed by atoms with Crippen molar-refractivity contribution in [2.75, 3.05) is 44.5 Å². The Labute approximate surface area is 348 Å². The highest BCUT2D eigenvalue weighted by atomic mass is 32.2. The standard InChI is InChI=1S/C43H60N4O11S/c1-6-30-27(5)42(55)47-37(30)18-35-25(3)32(10-12-41(53)54)39(45-35)19-38-31(9-11-40(51)52)24(2)34(44-38)17-36-26(4)33(43(56)46-36)13-16-59-23-29(50)22-58-15-8-7-14-57-21-28(49)20-48/h17-19,27-30,44-45,48-50H,6-16,20-23H2,1-5H3,(H,47,55)(H,51,52)(H,53,54)/b34-17-,37-18-,38-19-. The van der Waals surface area contributed by atoms with Crippen LogP contribution in [-0.2, 0) is 41.5 Å². The van der Waals surface area contributed by atoms with Gasteiger partial charge in [0.1, 0.15) is 6.10 Å². The molecule has 324 valence electrons. The van der Waals surface area contributed by atoms with Crippen molar-refractivity contribution in [3.8, 4) is 0 Å². The molecular formula is C43H60N4O11S. The number of carboxylic acid groups (broad SMARTS) is 2. The maximum absolute atomic E-state index is 13.1. The van der Waals surface area contributed by atoms with Crippen LogP contribution in [0.2, 0.25) is 0 Å². The number of nitrogens with one attached hydrogen (secondary N) is 3. The molecule has 0 saturated carbocycles. The number of aliphatic carboxylic acids is 2. The Morgan fingerprint density at radius 3 is 2.12 bits per heavy atom. The number of aliphatic hydroxyl groups excluding tert-OH is 3. The third-order valence-corrected chi connectivity index (χ3v) is 12.0. The van der Waals surface area contributed by atoms with E-state index < -0.39 is 24.1 Å². The molecule has 1 fully saturated rings. The van der Waals surface area contributed by atoms with Gasteiger partial charge in [-0.3, -0.25) is 19.2 Å². The Morgan fingerprint density at radius 1 is 0.847 bits per heavy atom. The SMILES string of the molecule is CCC1/C(=C/c2[nH]c(/C=c3\[nH]/c(=C\C4=NC(=O)C(CCSCC(O)COCCCCOCC(O)CO)=C4C)c(C)c3CCC(=O)O)c(CCC(=O)O)c2C)NC(=O)C1C. The Hall–Kier alpha value is -4.32. The molecule has 2 aliphatic rings. The minimum absolute atomic E-state index is 0.0301. The summed E-state index contributed by atoms with van der Waals surface area (Å²) in [5, 5.41) is 51.9. The second-order valence-corrected chi connectivity index (χ2v) is 16.3. The lowest BCUT2D eigenvalue weighted by atomic mass is 9.92. The Bertz CT molecular complexity index is 2050. The minimum atomic E-state index is -0.949. The van der Waals surface area contributed by atoms with Gasteiger partial charge in [-0.15, -0.1) is 0 Å². The van der Waals surface area contributed by atoms with E-state index in [4.69, 9.17) is 14.6 Å². The number of aliphatic hydroxyl groups is 3. The lowest BCUT2D eigenvalue weighted by Gasteiger charge is -2.11. The molecule has 59 heavy (non-hydrogen) atoms. The molecule has 0 radical (unpaired) electrons. The normalized spacial score (nSPS) is 19.3. The van der Waals surface area contributed by atoms with Crippen LogP contribution in [0.3, 0.4) is 0 Å². The largest absolute Gasteiger partial charge is 0.481 e. The van der Waals surface area contributed by atoms with Crippen LogP contribution in [-0.4, -0.2) is 122 Å². The Morgan fingerprint density at radius 2 is 1.49 bits per heavy atom. The van der Waals surface area contributed by atoms with E-state index in [9.17, 15) is 39.6 Å². The van der Waals surface area contributed by atoms with E-state index in [1.165, 1.54) is 11.8 Å². The van der Waals surface area contributed by atoms with Crippen LogP contribution in [0.15, 0.2) is 21.8 Å². The molecule has 0 bridgehead atoms. The summed E-state index contributed by atoms with van der Waals surface area (Å²) in [6.07, 6.45) is 7.04. The van der Waals surface area contributed by atoms with E-state index in [0.29, 0.717) is 58.8 Å². The summed E-state index contributed by atoms with van der Waals surface area (Å²) in [4.78, 5) is 60.2. The van der Waals surface area contributed by atoms with Crippen LogP contribution in [0.4, 0.5) is 0 Å². The molecule has 0 aromatic carbocycles. The van der Waals surface area contributed by atoms with Gasteiger partial charge in [0.25, 0.3) is 5.91 Å². The monoisotopic (exact) mass is 840 g/mol. The molecule has 8 N–H and O–H groups in total. The zero-order chi connectivity index (χ0) is 43.2. The summed E-state index contributed by atoms with van der Waals surface area (Å²) < 4.78 is 10.8. The first-order valence-electron chi connectivity index (χ1n) is 20.3. The molecule has 0 aliphatic carbocycles. The van der Waals surface area contributed by atoms with Crippen LogP contribution < -0.4 is 16.0 Å². The fraction of sp³-hybridized carbons (Fsp3) is 0.558. The van der Waals surface area contributed by atoms with Gasteiger partial charge in [0.15, 0.2) is 0 Å². The van der Waals surface area contributed by atoms with Gasteiger partial charge in [0.2, 0.25) is 5.91 Å². The number of unbranched alkanes of at least 4 members (excludes halogenated alkanes) is 1. The van der Waals surface area contributed by atoms with Crippen LogP contribution >= 0.6 is 11.8 Å². The maximum atomic E-state index is 13.1. The number of allylic oxidation sites excluding steroid dienone is 2. The Balaban J connectivity index is 1.50. The molecule has 2 aromatic rings. The van der Waals surface area contributed by atoms with Crippen LogP contribution in [0.5, 0.6) is 0 Å². The summed E-state index contributed by atoms with van der Waals surface area (Å²) in [6, 6.07) is 0. The van der Waals surface area contributed by atoms with E-state index in [2.05, 4.69) is 20.3 Å². The zero-order valence-corrected chi connectivity index (χ0v) is 35.5. The second kappa shape index (κ2) is 22.9. The summed E-state index contributed by atoms with van der Waals surface area (Å²) in [7, 11) is 0. The van der Waals surface area contributed by atoms with Gasteiger partial charge < -0.3 is 50.3 Å². The highest BCUT2D eigenvalue weighted by Crippen LogP contribution is 2.32. The number of aromatic nitrogens is 2. The molecule has 4 heterocycles. The van der Waals surface area contributed by atoms with Crippen molar-refractivity contribution in [1.82, 2.24) is 15.3 Å². The molecule has 4 unspecified atom stereocenters. The summed E-state index contributed by atoms with van der Waals surface area (Å²) in [6.45, 7) is 10.4. The maximum Gasteiger partial charge on any atom is 0.303 e. The minimum Gasteiger partial charge on any atom is -0.481 e. The number of hydrogen-bond acceptors (Lipinski definition) is 10. The van der Waals surface area contributed by atoms with Gasteiger partial charge in [-0.2, -0.15) is 11.8 Å². The average molecular weight is 841 g/mol. The fourth-order valence-corrected chi connectivity index (χ4v) is 8.19. The number of ether oxygens (including phenoxy) is 2. The molecule has 2 aromatic heterocycles. The molecule has 4 atom stereocenters. The lowest BCUT2D eigenvalue weighted by molar-refractivity contribution is -0.138. The second-order valence-electron chi connectivity index (χ2n) is 15.2. The average Bonchev–Trinajstić information content (AvgIpc) is 3.84. The fourth-order valence-electron chi connectivity index (χ4n) is 7.31. The van der Waals surface area contributed by atoms with Crippen molar-refractivity contribution in [2.45, 2.75) is 98.2 Å². The number of thioether (sulfide) groups is 1. The van der Waals surface area contributed by atoms with Crippen molar-refractivity contribution in [3.63, 3.8) is 0 Å². The number of nitrogens with zero attached hydrogens (tertiary/aromatic N) is 1. The van der Waals surface area contributed by atoms with Gasteiger partial charge >= 0.3 is 11.9 Å². The highest BCUT2D eigenvalue weighted by Gasteiger charge is 2.34. The molecule has 16 heteroatoms. The number of aromatic amines is 2. The van der Waals surface area contributed by atoms with Crippen molar-refractivity contribution in [1.29, 1.82) is 0 Å². The summed E-state index contributed by atoms with van der Waals surface area (Å²) in [5.41, 5.74) is 7.30. The van der Waals surface area contributed by atoms with Crippen molar-refractivity contribution in [3.05, 3.63) is 61.2 Å². The molecule has 0 spiro atoms. The molecular weight excluding hydrogens is 781 g/mol. The molecule has 4 rings (SSSR count). The summed E-state index contributed by atoms with van der Waals surface area (Å²) >= 11 is 1.51. The quantitative estimate of drug-likeness (QED) is 0.0674. The van der Waals surface area contributed by atoms with E-state index in [0.717, 1.165) is 58.5 Å². The number of rotatable bonds is 25. The third kappa shape index (κ3) is 13.3. The first kappa shape index (κ1) is 47.4. The van der Waals surface area contributed by atoms with E-state index in [1.54, 1.807) is 6.08 Å².